The van der Waals surface area contributed by atoms with Gasteiger partial charge in [-0.1, -0.05) is 59.9 Å². The summed E-state index contributed by atoms with van der Waals surface area (Å²) < 4.78 is 12.3. The SMILES string of the molecule is CCOC(=O)COc1c(Cl)cc(C=Nn2c(C(C)(C)C)nc3ccc(Br)cc3c2=O)cc1Cl. The highest BCUT2D eigenvalue weighted by atomic mass is 79.9. The van der Waals surface area contributed by atoms with Crippen molar-refractivity contribution in [3.8, 4) is 5.75 Å². The van der Waals surface area contributed by atoms with E-state index in [4.69, 9.17) is 32.7 Å². The largest absolute Gasteiger partial charge is 0.479 e. The number of carbonyl (C=O) groups excluding carboxylic acids is 1. The van der Waals surface area contributed by atoms with Crippen LogP contribution in [0, 0.1) is 0 Å². The maximum atomic E-state index is 13.2. The van der Waals surface area contributed by atoms with E-state index in [0.29, 0.717) is 22.3 Å². The lowest BCUT2D eigenvalue weighted by Crippen LogP contribution is -2.29. The third-order valence-electron chi connectivity index (χ3n) is 4.46. The van der Waals surface area contributed by atoms with Gasteiger partial charge in [0.2, 0.25) is 0 Å². The van der Waals surface area contributed by atoms with Crippen LogP contribution in [-0.2, 0) is 14.9 Å². The Kier molecular flexibility index (Phi) is 7.82. The quantitative estimate of drug-likeness (QED) is 0.293. The summed E-state index contributed by atoms with van der Waals surface area (Å²) in [6.45, 7) is 7.49. The van der Waals surface area contributed by atoms with Gasteiger partial charge in [-0.15, -0.1) is 0 Å². The molecule has 0 radical (unpaired) electrons. The Morgan fingerprint density at radius 2 is 1.88 bits per heavy atom. The summed E-state index contributed by atoms with van der Waals surface area (Å²) in [4.78, 5) is 29.4. The van der Waals surface area contributed by atoms with Crippen LogP contribution in [0.1, 0.15) is 39.1 Å². The van der Waals surface area contributed by atoms with Gasteiger partial charge in [0.25, 0.3) is 5.56 Å². The van der Waals surface area contributed by atoms with Gasteiger partial charge in [0.1, 0.15) is 5.82 Å². The molecule has 0 spiro atoms. The van der Waals surface area contributed by atoms with Crippen LogP contribution < -0.4 is 10.3 Å². The number of ether oxygens (including phenoxy) is 2. The number of fused-ring (bicyclic) bond motifs is 1. The Hall–Kier alpha value is -2.42. The Labute approximate surface area is 209 Å². The van der Waals surface area contributed by atoms with Crippen molar-refractivity contribution >= 4 is 62.2 Å². The summed E-state index contributed by atoms with van der Waals surface area (Å²) in [5, 5.41) is 5.22. The van der Waals surface area contributed by atoms with E-state index in [-0.39, 0.29) is 34.6 Å². The van der Waals surface area contributed by atoms with Gasteiger partial charge in [-0.25, -0.2) is 9.78 Å². The van der Waals surface area contributed by atoms with Crippen LogP contribution >= 0.6 is 39.1 Å². The van der Waals surface area contributed by atoms with Gasteiger partial charge in [-0.05, 0) is 42.8 Å². The maximum absolute atomic E-state index is 13.2. The average molecular weight is 555 g/mol. The number of carbonyl (C=O) groups is 1. The van der Waals surface area contributed by atoms with Crippen LogP contribution in [0.5, 0.6) is 5.75 Å². The van der Waals surface area contributed by atoms with Gasteiger partial charge < -0.3 is 9.47 Å². The summed E-state index contributed by atoms with van der Waals surface area (Å²) >= 11 is 16.0. The van der Waals surface area contributed by atoms with E-state index in [1.165, 1.54) is 10.9 Å². The fourth-order valence-corrected chi connectivity index (χ4v) is 3.97. The van der Waals surface area contributed by atoms with Crippen molar-refractivity contribution in [3.63, 3.8) is 0 Å². The first-order chi connectivity index (χ1) is 15.5. The van der Waals surface area contributed by atoms with Crippen LogP contribution in [0.25, 0.3) is 10.9 Å². The van der Waals surface area contributed by atoms with Crippen molar-refractivity contribution in [1.29, 1.82) is 0 Å². The first-order valence-electron chi connectivity index (χ1n) is 10.1. The first kappa shape index (κ1) is 25.2. The van der Waals surface area contributed by atoms with E-state index in [2.05, 4.69) is 26.0 Å². The van der Waals surface area contributed by atoms with E-state index < -0.39 is 11.4 Å². The van der Waals surface area contributed by atoms with E-state index in [9.17, 15) is 9.59 Å². The number of hydrogen-bond acceptors (Lipinski definition) is 6. The smallest absolute Gasteiger partial charge is 0.344 e. The first-order valence-corrected chi connectivity index (χ1v) is 11.6. The fraction of sp³-hybridized carbons (Fsp3) is 0.304. The molecule has 0 unspecified atom stereocenters. The number of aromatic nitrogens is 2. The Morgan fingerprint density at radius 3 is 2.48 bits per heavy atom. The van der Waals surface area contributed by atoms with Crippen molar-refractivity contribution < 1.29 is 14.3 Å². The molecular weight excluding hydrogens is 533 g/mol. The lowest BCUT2D eigenvalue weighted by atomic mass is 9.95. The van der Waals surface area contributed by atoms with Crippen LogP contribution in [0.3, 0.4) is 0 Å². The topological polar surface area (TPSA) is 82.8 Å². The number of hydrogen-bond donors (Lipinski definition) is 0. The molecule has 0 amide bonds. The second-order valence-corrected chi connectivity index (χ2v) is 9.85. The molecule has 2 aromatic carbocycles. The van der Waals surface area contributed by atoms with Gasteiger partial charge in [0, 0.05) is 9.89 Å². The second-order valence-electron chi connectivity index (χ2n) is 8.12. The lowest BCUT2D eigenvalue weighted by molar-refractivity contribution is -0.145. The molecule has 33 heavy (non-hydrogen) atoms. The highest BCUT2D eigenvalue weighted by Gasteiger charge is 2.23. The van der Waals surface area contributed by atoms with Gasteiger partial charge in [0.05, 0.1) is 33.8 Å². The third-order valence-corrected chi connectivity index (χ3v) is 5.52. The Morgan fingerprint density at radius 1 is 1.21 bits per heavy atom. The minimum atomic E-state index is -0.528. The molecule has 3 rings (SSSR count). The predicted octanol–water partition coefficient (Wildman–Crippen LogP) is 5.59. The molecule has 10 heteroatoms. The number of rotatable bonds is 6. The molecule has 1 aromatic heterocycles. The number of nitrogens with zero attached hydrogens (tertiary/aromatic N) is 3. The molecular formula is C23H22BrCl2N3O4. The van der Waals surface area contributed by atoms with Crippen molar-refractivity contribution in [1.82, 2.24) is 9.66 Å². The van der Waals surface area contributed by atoms with Gasteiger partial charge in [-0.2, -0.15) is 9.78 Å². The van der Waals surface area contributed by atoms with Crippen molar-refractivity contribution in [2.75, 3.05) is 13.2 Å². The maximum Gasteiger partial charge on any atom is 0.344 e. The zero-order valence-corrected chi connectivity index (χ0v) is 21.6. The standard InChI is InChI=1S/C23H22BrCl2N3O4/c1-5-32-19(30)12-33-20-16(25)8-13(9-17(20)26)11-27-29-21(31)15-10-14(24)6-7-18(15)28-22(29)23(2,3)4/h6-11H,5,12H2,1-4H3. The summed E-state index contributed by atoms with van der Waals surface area (Å²) in [7, 11) is 0. The highest BCUT2D eigenvalue weighted by molar-refractivity contribution is 9.10. The van der Waals surface area contributed by atoms with Crippen LogP contribution in [0.2, 0.25) is 10.0 Å². The zero-order chi connectivity index (χ0) is 24.3. The van der Waals surface area contributed by atoms with Gasteiger partial charge in [0.15, 0.2) is 12.4 Å². The molecule has 0 atom stereocenters. The zero-order valence-electron chi connectivity index (χ0n) is 18.5. The molecule has 0 saturated heterocycles. The molecule has 0 aliphatic heterocycles. The molecule has 7 nitrogen and oxygen atoms in total. The lowest BCUT2D eigenvalue weighted by Gasteiger charge is -2.20. The average Bonchev–Trinajstić information content (AvgIpc) is 2.72. The van der Waals surface area contributed by atoms with Crippen LogP contribution in [0.15, 0.2) is 44.7 Å². The molecule has 0 fully saturated rings. The van der Waals surface area contributed by atoms with Crippen molar-refractivity contribution in [2.45, 2.75) is 33.1 Å². The number of halogens is 3. The minimum Gasteiger partial charge on any atom is -0.479 e. The number of benzene rings is 2. The highest BCUT2D eigenvalue weighted by Crippen LogP contribution is 2.34. The van der Waals surface area contributed by atoms with E-state index >= 15 is 0 Å². The van der Waals surface area contributed by atoms with Gasteiger partial charge >= 0.3 is 5.97 Å². The second kappa shape index (κ2) is 10.2. The molecule has 0 N–H and O–H groups in total. The number of esters is 1. The molecule has 0 aliphatic rings. The van der Waals surface area contributed by atoms with Gasteiger partial charge in [-0.3, -0.25) is 4.79 Å². The van der Waals surface area contributed by atoms with E-state index in [1.54, 1.807) is 31.2 Å². The minimum absolute atomic E-state index is 0.160. The Bertz CT molecular complexity index is 1280. The summed E-state index contributed by atoms with van der Waals surface area (Å²) in [5.41, 5.74) is 0.384. The van der Waals surface area contributed by atoms with E-state index in [0.717, 1.165) is 4.47 Å². The monoisotopic (exact) mass is 553 g/mol. The molecule has 1 heterocycles. The summed E-state index contributed by atoms with van der Waals surface area (Å²) in [6, 6.07) is 8.49. The molecule has 174 valence electrons. The van der Waals surface area contributed by atoms with Crippen molar-refractivity contribution in [3.05, 3.63) is 66.6 Å². The van der Waals surface area contributed by atoms with Crippen LogP contribution in [-0.4, -0.2) is 35.1 Å². The third kappa shape index (κ3) is 5.93. The van der Waals surface area contributed by atoms with E-state index in [1.807, 2.05) is 26.8 Å². The summed E-state index contributed by atoms with van der Waals surface area (Å²) in [5.74, 6) is 0.137. The molecule has 3 aromatic rings. The normalized spacial score (nSPS) is 11.8. The van der Waals surface area contributed by atoms with Crippen molar-refractivity contribution in [2.24, 2.45) is 5.10 Å². The molecule has 0 aliphatic carbocycles. The molecule has 0 bridgehead atoms. The predicted molar refractivity (Wildman–Crippen MR) is 134 cm³/mol. The fourth-order valence-electron chi connectivity index (χ4n) is 2.99. The van der Waals surface area contributed by atoms with Crippen LogP contribution in [0.4, 0.5) is 0 Å². The molecule has 0 saturated carbocycles. The Balaban J connectivity index is 2.01. The summed E-state index contributed by atoms with van der Waals surface area (Å²) in [6.07, 6.45) is 1.47.